The van der Waals surface area contributed by atoms with Crippen molar-refractivity contribution in [3.05, 3.63) is 41.2 Å². The fraction of sp³-hybridized carbons (Fsp3) is 0. The molecule has 0 aliphatic rings. The van der Waals surface area contributed by atoms with Crippen LogP contribution in [0.15, 0.2) is 41.0 Å². The van der Waals surface area contributed by atoms with E-state index < -0.39 is 0 Å². The number of rotatable bonds is 1. The molecule has 2 aromatic heterocycles. The molecule has 0 bridgehead atoms. The zero-order valence-corrected chi connectivity index (χ0v) is 7.10. The quantitative estimate of drug-likeness (QED) is 0.678. The first-order chi connectivity index (χ1) is 5.86. The Morgan fingerprint density at radius 2 is 2.08 bits per heavy atom. The number of hydrogen-bond donors (Lipinski definition) is 1. The highest BCUT2D eigenvalue weighted by Gasteiger charge is 1.97. The van der Waals surface area contributed by atoms with E-state index in [-0.39, 0.29) is 0 Å². The SMILES string of the molecule is S=c1cccc(-c2ccco2)[nH]1. The van der Waals surface area contributed by atoms with E-state index in [4.69, 9.17) is 16.6 Å². The van der Waals surface area contributed by atoms with Gasteiger partial charge in [-0.3, -0.25) is 0 Å². The van der Waals surface area contributed by atoms with Gasteiger partial charge in [0.2, 0.25) is 0 Å². The van der Waals surface area contributed by atoms with Crippen molar-refractivity contribution in [3.8, 4) is 11.5 Å². The van der Waals surface area contributed by atoms with E-state index in [1.165, 1.54) is 0 Å². The third kappa shape index (κ3) is 1.31. The first-order valence-corrected chi connectivity index (χ1v) is 4.00. The van der Waals surface area contributed by atoms with Crippen molar-refractivity contribution in [2.45, 2.75) is 0 Å². The minimum absolute atomic E-state index is 0.712. The molecule has 0 saturated heterocycles. The molecule has 0 radical (unpaired) electrons. The standard InChI is InChI=1S/C9H7NOS/c12-9-5-1-3-7(10-9)8-4-2-6-11-8/h1-6H,(H,10,12). The topological polar surface area (TPSA) is 28.9 Å². The minimum Gasteiger partial charge on any atom is -0.463 e. The van der Waals surface area contributed by atoms with Gasteiger partial charge in [-0.1, -0.05) is 18.3 Å². The zero-order valence-electron chi connectivity index (χ0n) is 6.28. The van der Waals surface area contributed by atoms with Crippen molar-refractivity contribution in [3.63, 3.8) is 0 Å². The molecule has 2 nitrogen and oxygen atoms in total. The van der Waals surface area contributed by atoms with Crippen LogP contribution in [0.5, 0.6) is 0 Å². The molecule has 0 aliphatic heterocycles. The molecule has 0 amide bonds. The van der Waals surface area contributed by atoms with Gasteiger partial charge in [0.05, 0.1) is 12.0 Å². The number of H-pyrrole nitrogens is 1. The predicted octanol–water partition coefficient (Wildman–Crippen LogP) is 3.00. The van der Waals surface area contributed by atoms with Gasteiger partial charge in [0.1, 0.15) is 10.4 Å². The molecule has 0 unspecified atom stereocenters. The van der Waals surface area contributed by atoms with Crippen LogP contribution < -0.4 is 0 Å². The van der Waals surface area contributed by atoms with E-state index in [0.29, 0.717) is 4.64 Å². The first kappa shape index (κ1) is 7.31. The van der Waals surface area contributed by atoms with Gasteiger partial charge in [0.15, 0.2) is 0 Å². The average molecular weight is 177 g/mol. The Morgan fingerprint density at radius 1 is 1.17 bits per heavy atom. The third-order valence-corrected chi connectivity index (χ3v) is 1.79. The molecular formula is C9H7NOS. The molecule has 2 heterocycles. The number of pyridine rings is 1. The van der Waals surface area contributed by atoms with Crippen LogP contribution in [0.4, 0.5) is 0 Å². The summed E-state index contributed by atoms with van der Waals surface area (Å²) >= 11 is 4.98. The maximum atomic E-state index is 5.20. The molecule has 0 spiro atoms. The smallest absolute Gasteiger partial charge is 0.150 e. The zero-order chi connectivity index (χ0) is 8.39. The van der Waals surface area contributed by atoms with Crippen molar-refractivity contribution < 1.29 is 4.42 Å². The van der Waals surface area contributed by atoms with Crippen molar-refractivity contribution in [2.24, 2.45) is 0 Å². The Hall–Kier alpha value is -1.35. The molecule has 2 rings (SSSR count). The van der Waals surface area contributed by atoms with E-state index in [1.54, 1.807) is 6.26 Å². The fourth-order valence-electron chi connectivity index (χ4n) is 1.02. The summed E-state index contributed by atoms with van der Waals surface area (Å²) in [6.45, 7) is 0. The summed E-state index contributed by atoms with van der Waals surface area (Å²) < 4.78 is 5.91. The van der Waals surface area contributed by atoms with Gasteiger partial charge in [-0.25, -0.2) is 0 Å². The lowest BCUT2D eigenvalue weighted by Crippen LogP contribution is -1.79. The highest BCUT2D eigenvalue weighted by molar-refractivity contribution is 7.71. The number of aromatic nitrogens is 1. The van der Waals surface area contributed by atoms with E-state index >= 15 is 0 Å². The van der Waals surface area contributed by atoms with Crippen LogP contribution in [0.1, 0.15) is 0 Å². The van der Waals surface area contributed by atoms with E-state index in [0.717, 1.165) is 11.5 Å². The monoisotopic (exact) mass is 177 g/mol. The maximum absolute atomic E-state index is 5.20. The average Bonchev–Trinajstić information content (AvgIpc) is 2.56. The van der Waals surface area contributed by atoms with Crippen LogP contribution in [-0.4, -0.2) is 4.98 Å². The van der Waals surface area contributed by atoms with Crippen LogP contribution in [0.2, 0.25) is 0 Å². The van der Waals surface area contributed by atoms with Crippen molar-refractivity contribution in [2.75, 3.05) is 0 Å². The summed E-state index contributed by atoms with van der Waals surface area (Å²) in [5.41, 5.74) is 0.910. The molecule has 1 N–H and O–H groups in total. The molecule has 0 saturated carbocycles. The Labute approximate surface area is 74.9 Å². The number of aromatic amines is 1. The number of hydrogen-bond acceptors (Lipinski definition) is 2. The third-order valence-electron chi connectivity index (χ3n) is 1.55. The molecule has 0 aromatic carbocycles. The van der Waals surface area contributed by atoms with E-state index in [9.17, 15) is 0 Å². The van der Waals surface area contributed by atoms with Crippen molar-refractivity contribution >= 4 is 12.2 Å². The summed E-state index contributed by atoms with van der Waals surface area (Å²) in [5.74, 6) is 0.807. The largest absolute Gasteiger partial charge is 0.463 e. The van der Waals surface area contributed by atoms with Gasteiger partial charge in [-0.15, -0.1) is 0 Å². The number of furan rings is 1. The molecule has 2 aromatic rings. The lowest BCUT2D eigenvalue weighted by Gasteiger charge is -1.94. The minimum atomic E-state index is 0.712. The molecule has 0 atom stereocenters. The maximum Gasteiger partial charge on any atom is 0.150 e. The fourth-order valence-corrected chi connectivity index (χ4v) is 1.21. The Morgan fingerprint density at radius 3 is 2.75 bits per heavy atom. The van der Waals surface area contributed by atoms with Gasteiger partial charge >= 0.3 is 0 Å². The highest BCUT2D eigenvalue weighted by Crippen LogP contribution is 2.15. The van der Waals surface area contributed by atoms with E-state index in [1.807, 2.05) is 30.3 Å². The Kier molecular flexibility index (Phi) is 1.80. The van der Waals surface area contributed by atoms with Crippen LogP contribution in [-0.2, 0) is 0 Å². The van der Waals surface area contributed by atoms with E-state index in [2.05, 4.69) is 4.98 Å². The van der Waals surface area contributed by atoms with Gasteiger partial charge in [0.25, 0.3) is 0 Å². The summed E-state index contributed by atoms with van der Waals surface area (Å²) in [4.78, 5) is 3.03. The van der Waals surface area contributed by atoms with Gasteiger partial charge in [-0.2, -0.15) is 0 Å². The second-order valence-electron chi connectivity index (χ2n) is 2.41. The highest BCUT2D eigenvalue weighted by atomic mass is 32.1. The molecule has 0 fully saturated rings. The lowest BCUT2D eigenvalue weighted by molar-refractivity contribution is 0.580. The Bertz CT molecular complexity index is 416. The van der Waals surface area contributed by atoms with Crippen LogP contribution in [0, 0.1) is 4.64 Å². The van der Waals surface area contributed by atoms with Crippen molar-refractivity contribution in [1.82, 2.24) is 4.98 Å². The lowest BCUT2D eigenvalue weighted by atomic mass is 10.3. The van der Waals surface area contributed by atoms with Gasteiger partial charge in [0, 0.05) is 0 Å². The van der Waals surface area contributed by atoms with Crippen LogP contribution in [0.25, 0.3) is 11.5 Å². The summed E-state index contributed by atoms with van der Waals surface area (Å²) in [6, 6.07) is 9.40. The van der Waals surface area contributed by atoms with Gasteiger partial charge < -0.3 is 9.40 Å². The molecule has 12 heavy (non-hydrogen) atoms. The second kappa shape index (κ2) is 2.95. The van der Waals surface area contributed by atoms with Crippen LogP contribution >= 0.6 is 12.2 Å². The molecule has 3 heteroatoms. The first-order valence-electron chi connectivity index (χ1n) is 3.59. The molecular weight excluding hydrogens is 170 g/mol. The Balaban J connectivity index is 2.55. The number of nitrogens with one attached hydrogen (secondary N) is 1. The molecule has 0 aliphatic carbocycles. The van der Waals surface area contributed by atoms with Crippen molar-refractivity contribution in [1.29, 1.82) is 0 Å². The summed E-state index contributed by atoms with van der Waals surface area (Å²) in [6.07, 6.45) is 1.64. The summed E-state index contributed by atoms with van der Waals surface area (Å²) in [5, 5.41) is 0. The van der Waals surface area contributed by atoms with Gasteiger partial charge in [-0.05, 0) is 24.3 Å². The second-order valence-corrected chi connectivity index (χ2v) is 2.85. The molecule has 60 valence electrons. The predicted molar refractivity (Wildman–Crippen MR) is 49.3 cm³/mol. The normalized spacial score (nSPS) is 10.0. The van der Waals surface area contributed by atoms with Crippen LogP contribution in [0.3, 0.4) is 0 Å². The summed E-state index contributed by atoms with van der Waals surface area (Å²) in [7, 11) is 0.